The molecule has 0 amide bonds. The van der Waals surface area contributed by atoms with E-state index in [-0.39, 0.29) is 18.9 Å². The third-order valence-electron chi connectivity index (χ3n) is 0.331. The zero-order valence-corrected chi connectivity index (χ0v) is 3.55. The average molecular weight is 76.0 g/mol. The third kappa shape index (κ3) is 1.25. The Labute approximate surface area is 47.3 Å². The molecule has 0 fully saturated rings. The van der Waals surface area contributed by atoms with Crippen LogP contribution in [0, 0.1) is 0 Å². The minimum absolute atomic E-state index is 0. The minimum Gasteiger partial charge on any atom is -0.266 e. The Morgan fingerprint density at radius 3 is 2.50 bits per heavy atom. The second-order valence-corrected chi connectivity index (χ2v) is 0.652. The number of aromatic nitrogens is 3. The van der Waals surface area contributed by atoms with Crippen molar-refractivity contribution in [1.29, 1.82) is 0 Å². The standard InChI is InChI=1S/C2H3N3.Li/c1-3-2-5-4-1;/h1-2H,(H,3,4,5);. The molecule has 1 radical (unpaired) electrons. The Kier molecular flexibility index (Phi) is 2.82. The van der Waals surface area contributed by atoms with Gasteiger partial charge in [0.1, 0.15) is 12.7 Å². The molecular weight excluding hydrogens is 73.0 g/mol. The second-order valence-electron chi connectivity index (χ2n) is 0.652. The summed E-state index contributed by atoms with van der Waals surface area (Å²) in [5.41, 5.74) is 0. The molecule has 0 bridgehead atoms. The van der Waals surface area contributed by atoms with Crippen molar-refractivity contribution in [3.63, 3.8) is 0 Å². The van der Waals surface area contributed by atoms with Crippen molar-refractivity contribution in [1.82, 2.24) is 15.2 Å². The van der Waals surface area contributed by atoms with E-state index in [9.17, 15) is 0 Å². The van der Waals surface area contributed by atoms with Crippen LogP contribution in [0.25, 0.3) is 0 Å². The molecule has 6 heavy (non-hydrogen) atoms. The maximum Gasteiger partial charge on any atom is 0.137 e. The van der Waals surface area contributed by atoms with E-state index in [0.29, 0.717) is 0 Å². The number of rotatable bonds is 0. The van der Waals surface area contributed by atoms with Crippen molar-refractivity contribution in [3.05, 3.63) is 12.7 Å². The smallest absolute Gasteiger partial charge is 0.137 e. The molecule has 0 unspecified atom stereocenters. The van der Waals surface area contributed by atoms with Crippen LogP contribution in [-0.2, 0) is 0 Å². The summed E-state index contributed by atoms with van der Waals surface area (Å²) < 4.78 is 0. The molecule has 1 rings (SSSR count). The molecule has 0 atom stereocenters. The van der Waals surface area contributed by atoms with E-state index in [1.165, 1.54) is 12.7 Å². The van der Waals surface area contributed by atoms with Gasteiger partial charge in [-0.25, -0.2) is 4.98 Å². The molecule has 4 heteroatoms. The first-order chi connectivity index (χ1) is 2.50. The zero-order chi connectivity index (χ0) is 3.54. The largest absolute Gasteiger partial charge is 0.266 e. The van der Waals surface area contributed by atoms with Gasteiger partial charge in [-0.05, 0) is 0 Å². The van der Waals surface area contributed by atoms with Gasteiger partial charge in [-0.2, -0.15) is 5.10 Å². The van der Waals surface area contributed by atoms with E-state index >= 15 is 0 Å². The maximum absolute atomic E-state index is 3.56. The second kappa shape index (κ2) is 2.95. The van der Waals surface area contributed by atoms with Crippen LogP contribution in [-0.4, -0.2) is 34.0 Å². The quantitative estimate of drug-likeness (QED) is 0.420. The molecular formula is C2H3LiN3. The van der Waals surface area contributed by atoms with Crippen LogP contribution in [0.5, 0.6) is 0 Å². The average Bonchev–Trinajstić information content (AvgIpc) is 1.76. The molecule has 1 aromatic rings. The molecule has 0 saturated carbocycles. The Bertz CT molecular complexity index is 65.3. The van der Waals surface area contributed by atoms with Crippen molar-refractivity contribution < 1.29 is 0 Å². The molecule has 1 aromatic heterocycles. The van der Waals surface area contributed by atoms with Crippen molar-refractivity contribution in [2.75, 3.05) is 0 Å². The van der Waals surface area contributed by atoms with Crippen molar-refractivity contribution >= 4 is 18.9 Å². The number of H-pyrrole nitrogens is 1. The third-order valence-corrected chi connectivity index (χ3v) is 0.331. The van der Waals surface area contributed by atoms with Crippen LogP contribution >= 0.6 is 0 Å². The summed E-state index contributed by atoms with van der Waals surface area (Å²) in [4.78, 5) is 3.56. The van der Waals surface area contributed by atoms with Crippen LogP contribution in [0.3, 0.4) is 0 Å². The number of aromatic amines is 1. The van der Waals surface area contributed by atoms with E-state index in [2.05, 4.69) is 15.2 Å². The Morgan fingerprint density at radius 2 is 2.33 bits per heavy atom. The summed E-state index contributed by atoms with van der Waals surface area (Å²) >= 11 is 0. The number of nitrogens with zero attached hydrogens (tertiary/aromatic N) is 2. The van der Waals surface area contributed by atoms with E-state index < -0.39 is 0 Å². The summed E-state index contributed by atoms with van der Waals surface area (Å²) in [5.74, 6) is 0. The van der Waals surface area contributed by atoms with Gasteiger partial charge in [0.25, 0.3) is 0 Å². The Hall–Kier alpha value is -0.263. The molecule has 0 aliphatic heterocycles. The van der Waals surface area contributed by atoms with Crippen molar-refractivity contribution in [2.45, 2.75) is 0 Å². The minimum atomic E-state index is 0. The first kappa shape index (κ1) is 5.74. The van der Waals surface area contributed by atoms with E-state index in [0.717, 1.165) is 0 Å². The van der Waals surface area contributed by atoms with E-state index in [1.54, 1.807) is 0 Å². The summed E-state index contributed by atoms with van der Waals surface area (Å²) in [7, 11) is 0. The van der Waals surface area contributed by atoms with Gasteiger partial charge in [-0.3, -0.25) is 5.10 Å². The summed E-state index contributed by atoms with van der Waals surface area (Å²) in [6.45, 7) is 0. The monoisotopic (exact) mass is 76.0 g/mol. The molecule has 0 saturated heterocycles. The zero-order valence-electron chi connectivity index (χ0n) is 3.55. The van der Waals surface area contributed by atoms with E-state index in [4.69, 9.17) is 0 Å². The molecule has 1 N–H and O–H groups in total. The fraction of sp³-hybridized carbons (Fsp3) is 0. The summed E-state index contributed by atoms with van der Waals surface area (Å²) in [6, 6.07) is 0. The van der Waals surface area contributed by atoms with Gasteiger partial charge in [0.05, 0.1) is 0 Å². The van der Waals surface area contributed by atoms with Gasteiger partial charge >= 0.3 is 0 Å². The Morgan fingerprint density at radius 1 is 1.50 bits per heavy atom. The first-order valence-corrected chi connectivity index (χ1v) is 1.29. The van der Waals surface area contributed by atoms with Crippen LogP contribution in [0.4, 0.5) is 0 Å². The van der Waals surface area contributed by atoms with Crippen molar-refractivity contribution in [2.24, 2.45) is 0 Å². The summed E-state index contributed by atoms with van der Waals surface area (Å²) in [6.07, 6.45) is 2.96. The fourth-order valence-electron chi connectivity index (χ4n) is 0.167. The molecule has 3 nitrogen and oxygen atoms in total. The van der Waals surface area contributed by atoms with Gasteiger partial charge in [0.2, 0.25) is 0 Å². The normalized spacial score (nSPS) is 6.67. The Balaban J connectivity index is 0.000000250. The van der Waals surface area contributed by atoms with Crippen LogP contribution in [0.1, 0.15) is 0 Å². The molecule has 0 aliphatic carbocycles. The number of hydrogen-bond donors (Lipinski definition) is 1. The number of hydrogen-bond acceptors (Lipinski definition) is 2. The van der Waals surface area contributed by atoms with Gasteiger partial charge in [-0.15, -0.1) is 0 Å². The van der Waals surface area contributed by atoms with Crippen LogP contribution in [0.2, 0.25) is 0 Å². The topological polar surface area (TPSA) is 41.6 Å². The predicted octanol–water partition coefficient (Wildman–Crippen LogP) is -0.576. The number of nitrogens with one attached hydrogen (secondary N) is 1. The SMILES string of the molecule is [Li].c1nc[nH]n1. The molecule has 1 heterocycles. The maximum atomic E-state index is 3.56. The first-order valence-electron chi connectivity index (χ1n) is 1.29. The van der Waals surface area contributed by atoms with Crippen LogP contribution < -0.4 is 0 Å². The molecule has 0 aliphatic rings. The van der Waals surface area contributed by atoms with Gasteiger partial charge in [0, 0.05) is 18.9 Å². The molecule has 27 valence electrons. The van der Waals surface area contributed by atoms with Gasteiger partial charge in [0.15, 0.2) is 0 Å². The van der Waals surface area contributed by atoms with Gasteiger partial charge < -0.3 is 0 Å². The summed E-state index contributed by atoms with van der Waals surface area (Å²) in [5, 5.41) is 5.99. The van der Waals surface area contributed by atoms with Crippen molar-refractivity contribution in [3.8, 4) is 0 Å². The van der Waals surface area contributed by atoms with Gasteiger partial charge in [-0.1, -0.05) is 0 Å². The fourth-order valence-corrected chi connectivity index (χ4v) is 0.167. The molecule has 0 aromatic carbocycles. The van der Waals surface area contributed by atoms with Crippen LogP contribution in [0.15, 0.2) is 12.7 Å². The predicted molar refractivity (Wildman–Crippen MR) is 22.1 cm³/mol. The molecule has 0 spiro atoms. The van der Waals surface area contributed by atoms with E-state index in [1.807, 2.05) is 0 Å².